The second-order valence-corrected chi connectivity index (χ2v) is 7.80. The van der Waals surface area contributed by atoms with Crippen molar-refractivity contribution in [1.29, 1.82) is 0 Å². The predicted octanol–water partition coefficient (Wildman–Crippen LogP) is 3.18. The third-order valence-corrected chi connectivity index (χ3v) is 4.43. The number of hydrogen-bond donors (Lipinski definition) is 3. The van der Waals surface area contributed by atoms with Crippen LogP contribution in [-0.4, -0.2) is 40.8 Å². The molecule has 1 aliphatic carbocycles. The Bertz CT molecular complexity index is 746. The van der Waals surface area contributed by atoms with Crippen molar-refractivity contribution in [3.8, 4) is 5.75 Å². The van der Waals surface area contributed by atoms with Gasteiger partial charge in [-0.1, -0.05) is 19.0 Å². The number of nitrogens with one attached hydrogen (secondary N) is 1. The fourth-order valence-electron chi connectivity index (χ4n) is 2.63. The number of rotatable bonds is 8. The van der Waals surface area contributed by atoms with E-state index in [0.717, 1.165) is 19.8 Å². The monoisotopic (exact) mass is 402 g/mol. The highest BCUT2D eigenvalue weighted by Gasteiger charge is 2.39. The summed E-state index contributed by atoms with van der Waals surface area (Å²) >= 11 is 0. The maximum atomic E-state index is 12.9. The number of hydrogen-bond acceptors (Lipinski definition) is 5. The first-order chi connectivity index (χ1) is 12.9. The summed E-state index contributed by atoms with van der Waals surface area (Å²) in [5.74, 6) is -0.370. The van der Waals surface area contributed by atoms with Gasteiger partial charge in [-0.25, -0.2) is 0 Å². The smallest absolute Gasteiger partial charge is 0.425 e. The van der Waals surface area contributed by atoms with Crippen molar-refractivity contribution >= 4 is 11.7 Å². The van der Waals surface area contributed by atoms with Gasteiger partial charge in [0.15, 0.2) is 6.10 Å². The molecule has 0 aromatic carbocycles. The van der Waals surface area contributed by atoms with Crippen LogP contribution < -0.4 is 15.8 Å². The van der Waals surface area contributed by atoms with E-state index in [-0.39, 0.29) is 36.2 Å². The zero-order chi connectivity index (χ0) is 21.1. The van der Waals surface area contributed by atoms with Gasteiger partial charge in [0.1, 0.15) is 17.3 Å². The zero-order valence-corrected chi connectivity index (χ0v) is 16.0. The van der Waals surface area contributed by atoms with Gasteiger partial charge in [-0.2, -0.15) is 13.2 Å². The van der Waals surface area contributed by atoms with Crippen LogP contribution in [0.25, 0.3) is 0 Å². The van der Waals surface area contributed by atoms with E-state index in [1.54, 1.807) is 0 Å². The Labute approximate surface area is 161 Å². The third kappa shape index (κ3) is 6.00. The third-order valence-electron chi connectivity index (χ3n) is 4.43. The number of nitrogens with two attached hydrogens (primary N) is 1. The van der Waals surface area contributed by atoms with Crippen LogP contribution in [0.2, 0.25) is 0 Å². The molecule has 28 heavy (non-hydrogen) atoms. The van der Waals surface area contributed by atoms with Crippen LogP contribution in [0.5, 0.6) is 5.75 Å². The molecule has 0 aliphatic heterocycles. The molecule has 0 saturated heterocycles. The highest BCUT2D eigenvalue weighted by atomic mass is 19.4. The van der Waals surface area contributed by atoms with Crippen molar-refractivity contribution in [2.75, 3.05) is 6.54 Å². The molecule has 2 rings (SSSR count). The van der Waals surface area contributed by atoms with Gasteiger partial charge in [0.05, 0.1) is 0 Å². The Morgan fingerprint density at radius 1 is 1.46 bits per heavy atom. The molecule has 1 fully saturated rings. The summed E-state index contributed by atoms with van der Waals surface area (Å²) in [6, 6.07) is 1.25. The number of alkyl halides is 3. The minimum Gasteiger partial charge on any atom is -0.481 e. The van der Waals surface area contributed by atoms with E-state index in [0.29, 0.717) is 5.56 Å². The molecular formula is C18H25F3N4O3. The molecule has 1 aliphatic rings. The summed E-state index contributed by atoms with van der Waals surface area (Å²) < 4.78 is 43.7. The number of carbonyl (C=O) groups is 1. The van der Waals surface area contributed by atoms with Gasteiger partial charge >= 0.3 is 6.18 Å². The van der Waals surface area contributed by atoms with E-state index in [1.807, 2.05) is 13.8 Å². The maximum Gasteiger partial charge on any atom is 0.425 e. The quantitative estimate of drug-likeness (QED) is 0.268. The van der Waals surface area contributed by atoms with E-state index in [1.165, 1.54) is 12.3 Å². The van der Waals surface area contributed by atoms with Gasteiger partial charge < -0.3 is 21.0 Å². The minimum atomic E-state index is -4.51. The molecule has 1 heterocycles. The standard InChI is InChI=1S/C18H25F3N4O3/c1-10(18(19,20)21)28-14-6-13(23-8-12(14)11-4-5-11)16(26)24-9-17(2,3)7-15(22)25-27/h6,8,10-11,27H,4-5,7,9H2,1-3H3,(H2,22,25)(H,24,26)/t10-/m0/s1. The molecule has 156 valence electrons. The lowest BCUT2D eigenvalue weighted by Gasteiger charge is -2.24. The number of ether oxygens (including phenoxy) is 1. The van der Waals surface area contributed by atoms with Crippen molar-refractivity contribution in [3.63, 3.8) is 0 Å². The lowest BCUT2D eigenvalue weighted by atomic mass is 9.89. The Hall–Kier alpha value is -2.52. The first kappa shape index (κ1) is 21.8. The predicted molar refractivity (Wildman–Crippen MR) is 96.5 cm³/mol. The van der Waals surface area contributed by atoms with Crippen LogP contribution in [0, 0.1) is 5.41 Å². The summed E-state index contributed by atoms with van der Waals surface area (Å²) in [6.45, 7) is 4.75. The Kier molecular flexibility index (Phi) is 6.41. The fraction of sp³-hybridized carbons (Fsp3) is 0.611. The molecule has 0 spiro atoms. The molecule has 1 atom stereocenters. The molecule has 1 aromatic heterocycles. The van der Waals surface area contributed by atoms with Crippen LogP contribution in [0.15, 0.2) is 17.4 Å². The lowest BCUT2D eigenvalue weighted by Crippen LogP contribution is -2.37. The lowest BCUT2D eigenvalue weighted by molar-refractivity contribution is -0.189. The van der Waals surface area contributed by atoms with Crippen LogP contribution in [0.3, 0.4) is 0 Å². The number of halogens is 3. The molecule has 0 bridgehead atoms. The van der Waals surface area contributed by atoms with Crippen LogP contribution in [0.1, 0.15) is 62.0 Å². The van der Waals surface area contributed by atoms with Crippen molar-refractivity contribution in [2.45, 2.75) is 58.2 Å². The maximum absolute atomic E-state index is 12.9. The first-order valence-corrected chi connectivity index (χ1v) is 8.91. The van der Waals surface area contributed by atoms with Gasteiger partial charge in [-0.15, -0.1) is 0 Å². The van der Waals surface area contributed by atoms with Crippen LogP contribution in [-0.2, 0) is 0 Å². The number of aromatic nitrogens is 1. The summed E-state index contributed by atoms with van der Waals surface area (Å²) in [5, 5.41) is 14.2. The summed E-state index contributed by atoms with van der Waals surface area (Å²) in [4.78, 5) is 16.5. The van der Waals surface area contributed by atoms with E-state index in [9.17, 15) is 18.0 Å². The van der Waals surface area contributed by atoms with Crippen molar-refractivity contribution in [2.24, 2.45) is 16.3 Å². The summed E-state index contributed by atoms with van der Waals surface area (Å²) in [7, 11) is 0. The average molecular weight is 402 g/mol. The van der Waals surface area contributed by atoms with Gasteiger partial charge in [0.25, 0.3) is 5.91 Å². The summed E-state index contributed by atoms with van der Waals surface area (Å²) in [5.41, 5.74) is 5.55. The summed E-state index contributed by atoms with van der Waals surface area (Å²) in [6.07, 6.45) is -3.15. The Balaban J connectivity index is 2.12. The van der Waals surface area contributed by atoms with Crippen molar-refractivity contribution < 1.29 is 27.9 Å². The minimum absolute atomic E-state index is 0.0305. The van der Waals surface area contributed by atoms with Gasteiger partial charge in [0.2, 0.25) is 0 Å². The highest BCUT2D eigenvalue weighted by molar-refractivity contribution is 5.92. The van der Waals surface area contributed by atoms with Crippen LogP contribution in [0.4, 0.5) is 13.2 Å². The molecule has 10 heteroatoms. The molecule has 1 amide bonds. The average Bonchev–Trinajstić information content (AvgIpc) is 3.43. The molecule has 4 N–H and O–H groups in total. The molecule has 0 radical (unpaired) electrons. The number of amidine groups is 1. The largest absolute Gasteiger partial charge is 0.481 e. The number of oxime groups is 1. The Morgan fingerprint density at radius 3 is 2.64 bits per heavy atom. The van der Waals surface area contributed by atoms with Crippen molar-refractivity contribution in [3.05, 3.63) is 23.5 Å². The van der Waals surface area contributed by atoms with E-state index >= 15 is 0 Å². The molecule has 0 unspecified atom stereocenters. The highest BCUT2D eigenvalue weighted by Crippen LogP contribution is 2.44. The second kappa shape index (κ2) is 8.24. The van der Waals surface area contributed by atoms with E-state index < -0.39 is 23.6 Å². The molecule has 1 aromatic rings. The SMILES string of the molecule is C[C@H](Oc1cc(C(=O)NCC(C)(C)C/C(N)=N/O)ncc1C1CC1)C(F)(F)F. The second-order valence-electron chi connectivity index (χ2n) is 7.80. The Morgan fingerprint density at radius 2 is 2.11 bits per heavy atom. The van der Waals surface area contributed by atoms with E-state index in [2.05, 4.69) is 15.5 Å². The number of carbonyl (C=O) groups excluding carboxylic acids is 1. The molecular weight excluding hydrogens is 377 g/mol. The van der Waals surface area contributed by atoms with Gasteiger partial charge in [0, 0.05) is 30.8 Å². The topological polar surface area (TPSA) is 110 Å². The van der Waals surface area contributed by atoms with Crippen molar-refractivity contribution in [1.82, 2.24) is 10.3 Å². The molecule has 7 nitrogen and oxygen atoms in total. The first-order valence-electron chi connectivity index (χ1n) is 8.91. The van der Waals surface area contributed by atoms with Gasteiger partial charge in [-0.05, 0) is 31.1 Å². The molecule has 1 saturated carbocycles. The van der Waals surface area contributed by atoms with E-state index in [4.69, 9.17) is 15.7 Å². The number of nitrogens with zero attached hydrogens (tertiary/aromatic N) is 2. The number of pyridine rings is 1. The normalized spacial score (nSPS) is 16.6. The van der Waals surface area contributed by atoms with Crippen LogP contribution >= 0.6 is 0 Å². The fourth-order valence-corrected chi connectivity index (χ4v) is 2.63. The number of amides is 1. The zero-order valence-electron chi connectivity index (χ0n) is 16.0. The van der Waals surface area contributed by atoms with Gasteiger partial charge in [-0.3, -0.25) is 9.78 Å².